The van der Waals surface area contributed by atoms with Gasteiger partial charge in [0.1, 0.15) is 11.6 Å². The van der Waals surface area contributed by atoms with Crippen LogP contribution < -0.4 is 5.32 Å². The molecule has 2 aromatic heterocycles. The Morgan fingerprint density at radius 1 is 1.21 bits per heavy atom. The summed E-state index contributed by atoms with van der Waals surface area (Å²) in [5, 5.41) is 3.43. The zero-order valence-corrected chi connectivity index (χ0v) is 16.9. The number of benzene rings is 1. The monoisotopic (exact) mass is 379 g/mol. The number of aliphatic imine (C=N–C) groups is 1. The molecule has 7 nitrogen and oxygen atoms in total. The van der Waals surface area contributed by atoms with Gasteiger partial charge in [0, 0.05) is 39.6 Å². The van der Waals surface area contributed by atoms with Gasteiger partial charge in [0.15, 0.2) is 5.96 Å². The van der Waals surface area contributed by atoms with Crippen LogP contribution in [0.25, 0.3) is 11.3 Å². The van der Waals surface area contributed by atoms with E-state index in [0.29, 0.717) is 6.54 Å². The largest absolute Gasteiger partial charge is 0.356 e. The van der Waals surface area contributed by atoms with Gasteiger partial charge < -0.3 is 19.8 Å². The maximum Gasteiger partial charge on any atom is 0.193 e. The molecule has 0 fully saturated rings. The molecule has 7 heteroatoms. The van der Waals surface area contributed by atoms with E-state index < -0.39 is 0 Å². The smallest absolute Gasteiger partial charge is 0.193 e. The van der Waals surface area contributed by atoms with Crippen LogP contribution in [0.1, 0.15) is 24.5 Å². The normalized spacial score (nSPS) is 11.6. The highest BCUT2D eigenvalue weighted by Crippen LogP contribution is 2.16. The number of aromatic nitrogens is 4. The highest BCUT2D eigenvalue weighted by Gasteiger charge is 2.09. The molecule has 2 N–H and O–H groups in total. The average Bonchev–Trinajstić information content (AvgIpc) is 3.34. The first-order valence-corrected chi connectivity index (χ1v) is 9.66. The van der Waals surface area contributed by atoms with Gasteiger partial charge in [-0.15, -0.1) is 0 Å². The van der Waals surface area contributed by atoms with Crippen molar-refractivity contribution in [1.29, 1.82) is 0 Å². The topological polar surface area (TPSA) is 74.1 Å². The summed E-state index contributed by atoms with van der Waals surface area (Å²) in [6.07, 6.45) is 7.93. The summed E-state index contributed by atoms with van der Waals surface area (Å²) in [6.45, 7) is 4.59. The minimum atomic E-state index is 0.667. The number of guanidine groups is 1. The molecule has 3 rings (SSSR count). The Balaban J connectivity index is 1.44. The lowest BCUT2D eigenvalue weighted by Crippen LogP contribution is -2.39. The summed E-state index contributed by atoms with van der Waals surface area (Å²) in [6, 6.07) is 10.2. The highest BCUT2D eigenvalue weighted by molar-refractivity contribution is 5.79. The fourth-order valence-corrected chi connectivity index (χ4v) is 3.14. The number of hydrogen-bond acceptors (Lipinski definition) is 3. The number of nitrogens with zero attached hydrogens (tertiary/aromatic N) is 5. The Morgan fingerprint density at radius 3 is 2.75 bits per heavy atom. The number of nitrogens with one attached hydrogen (secondary N) is 2. The van der Waals surface area contributed by atoms with Crippen LogP contribution >= 0.6 is 0 Å². The molecule has 0 aliphatic rings. The van der Waals surface area contributed by atoms with Crippen molar-refractivity contribution in [3.8, 4) is 11.3 Å². The van der Waals surface area contributed by atoms with Crippen LogP contribution in [0, 0.1) is 6.92 Å². The molecular weight excluding hydrogens is 350 g/mol. The lowest BCUT2D eigenvalue weighted by molar-refractivity contribution is 0.461. The van der Waals surface area contributed by atoms with E-state index >= 15 is 0 Å². The second-order valence-corrected chi connectivity index (χ2v) is 6.81. The minimum absolute atomic E-state index is 0.667. The van der Waals surface area contributed by atoms with Gasteiger partial charge in [0.2, 0.25) is 0 Å². The number of H-pyrrole nitrogens is 1. The SMILES string of the molecule is CN=C(NCCCCn1ccnc1C)N(C)Cc1ncc(-c2ccccc2)[nH]1. The summed E-state index contributed by atoms with van der Waals surface area (Å²) in [4.78, 5) is 18.6. The van der Waals surface area contributed by atoms with Crippen molar-refractivity contribution in [2.45, 2.75) is 32.9 Å². The van der Waals surface area contributed by atoms with E-state index in [4.69, 9.17) is 0 Å². The third-order valence-electron chi connectivity index (χ3n) is 4.71. The molecule has 0 saturated carbocycles. The summed E-state index contributed by atoms with van der Waals surface area (Å²) < 4.78 is 2.18. The average molecular weight is 380 g/mol. The maximum atomic E-state index is 4.51. The number of aromatic amines is 1. The quantitative estimate of drug-likeness (QED) is 0.358. The summed E-state index contributed by atoms with van der Waals surface area (Å²) >= 11 is 0. The lowest BCUT2D eigenvalue weighted by Gasteiger charge is -2.21. The van der Waals surface area contributed by atoms with Crippen molar-refractivity contribution in [3.63, 3.8) is 0 Å². The molecule has 0 unspecified atom stereocenters. The highest BCUT2D eigenvalue weighted by atomic mass is 15.3. The van der Waals surface area contributed by atoms with Gasteiger partial charge >= 0.3 is 0 Å². The van der Waals surface area contributed by atoms with Crippen molar-refractivity contribution < 1.29 is 0 Å². The first-order valence-electron chi connectivity index (χ1n) is 9.66. The van der Waals surface area contributed by atoms with Gasteiger partial charge in [-0.25, -0.2) is 9.97 Å². The fraction of sp³-hybridized carbons (Fsp3) is 0.381. The Kier molecular flexibility index (Phi) is 6.84. The third-order valence-corrected chi connectivity index (χ3v) is 4.71. The molecule has 148 valence electrons. The minimum Gasteiger partial charge on any atom is -0.356 e. The molecule has 0 radical (unpaired) electrons. The van der Waals surface area contributed by atoms with Crippen molar-refractivity contribution in [1.82, 2.24) is 29.7 Å². The van der Waals surface area contributed by atoms with Crippen LogP contribution in [0.15, 0.2) is 53.9 Å². The van der Waals surface area contributed by atoms with E-state index in [0.717, 1.165) is 54.8 Å². The standard InChI is InChI=1S/C21H29N7/c1-17-23-12-14-28(17)13-8-7-11-24-21(22-2)27(3)16-20-25-15-19(26-20)18-9-5-4-6-10-18/h4-6,9-10,12,14-15H,7-8,11,13,16H2,1-3H3,(H,22,24)(H,25,26). The van der Waals surface area contributed by atoms with Gasteiger partial charge in [-0.3, -0.25) is 4.99 Å². The first kappa shape index (κ1) is 19.7. The predicted octanol–water partition coefficient (Wildman–Crippen LogP) is 3.07. The molecule has 0 amide bonds. The Morgan fingerprint density at radius 2 is 2.04 bits per heavy atom. The van der Waals surface area contributed by atoms with Crippen molar-refractivity contribution in [2.24, 2.45) is 4.99 Å². The van der Waals surface area contributed by atoms with Crippen LogP contribution in [-0.4, -0.2) is 51.0 Å². The number of rotatable bonds is 8. The molecule has 3 aromatic rings. The molecule has 0 aliphatic carbocycles. The first-order chi connectivity index (χ1) is 13.7. The van der Waals surface area contributed by atoms with Crippen LogP contribution in [0.3, 0.4) is 0 Å². The molecule has 0 saturated heterocycles. The van der Waals surface area contributed by atoms with Crippen LogP contribution in [-0.2, 0) is 13.1 Å². The molecule has 0 aliphatic heterocycles. The number of hydrogen-bond donors (Lipinski definition) is 2. The van der Waals surface area contributed by atoms with Gasteiger partial charge in [0.25, 0.3) is 0 Å². The molecule has 0 atom stereocenters. The van der Waals surface area contributed by atoms with Gasteiger partial charge in [-0.1, -0.05) is 30.3 Å². The summed E-state index contributed by atoms with van der Waals surface area (Å²) in [5.74, 6) is 2.85. The Bertz CT molecular complexity index is 879. The Hall–Kier alpha value is -3.09. The molecule has 2 heterocycles. The second kappa shape index (κ2) is 9.73. The number of aryl methyl sites for hydroxylation is 2. The van der Waals surface area contributed by atoms with Crippen LogP contribution in [0.4, 0.5) is 0 Å². The lowest BCUT2D eigenvalue weighted by atomic mass is 10.2. The molecule has 0 bridgehead atoms. The molecule has 0 spiro atoms. The summed E-state index contributed by atoms with van der Waals surface area (Å²) in [5.41, 5.74) is 2.17. The van der Waals surface area contributed by atoms with Crippen molar-refractivity contribution >= 4 is 5.96 Å². The summed E-state index contributed by atoms with van der Waals surface area (Å²) in [7, 11) is 3.83. The zero-order chi connectivity index (χ0) is 19.8. The van der Waals surface area contributed by atoms with Gasteiger partial charge in [-0.05, 0) is 25.3 Å². The Labute approximate surface area is 166 Å². The van der Waals surface area contributed by atoms with Crippen LogP contribution in [0.2, 0.25) is 0 Å². The van der Waals surface area contributed by atoms with Gasteiger partial charge in [0.05, 0.1) is 18.4 Å². The van der Waals surface area contributed by atoms with Gasteiger partial charge in [-0.2, -0.15) is 0 Å². The van der Waals surface area contributed by atoms with E-state index in [-0.39, 0.29) is 0 Å². The number of imidazole rings is 2. The van der Waals surface area contributed by atoms with E-state index in [2.05, 4.69) is 46.9 Å². The third kappa shape index (κ3) is 5.22. The fourth-order valence-electron chi connectivity index (χ4n) is 3.14. The number of unbranched alkanes of at least 4 members (excludes halogenated alkanes) is 1. The predicted molar refractivity (Wildman–Crippen MR) is 113 cm³/mol. The molecule has 1 aromatic carbocycles. The molecule has 28 heavy (non-hydrogen) atoms. The van der Waals surface area contributed by atoms with Crippen molar-refractivity contribution in [2.75, 3.05) is 20.6 Å². The van der Waals surface area contributed by atoms with Crippen LogP contribution in [0.5, 0.6) is 0 Å². The maximum absolute atomic E-state index is 4.51. The van der Waals surface area contributed by atoms with E-state index in [9.17, 15) is 0 Å². The van der Waals surface area contributed by atoms with E-state index in [1.807, 2.05) is 57.8 Å². The second-order valence-electron chi connectivity index (χ2n) is 6.81. The van der Waals surface area contributed by atoms with E-state index in [1.165, 1.54) is 0 Å². The molecular formula is C21H29N7. The van der Waals surface area contributed by atoms with Crippen molar-refractivity contribution in [3.05, 3.63) is 60.6 Å². The van der Waals surface area contributed by atoms with E-state index in [1.54, 1.807) is 0 Å². The zero-order valence-electron chi connectivity index (χ0n) is 16.9.